The maximum absolute atomic E-state index is 12.5. The van der Waals surface area contributed by atoms with Crippen molar-refractivity contribution >= 4 is 37.6 Å². The van der Waals surface area contributed by atoms with Crippen LogP contribution in [0.2, 0.25) is 5.02 Å². The van der Waals surface area contributed by atoms with E-state index in [0.29, 0.717) is 4.47 Å². The van der Waals surface area contributed by atoms with E-state index in [1.165, 1.54) is 31.4 Å². The first-order chi connectivity index (χ1) is 10.9. The molecular formula is C15H11BrClNO4S. The van der Waals surface area contributed by atoms with Crippen LogP contribution in [0.5, 0.6) is 11.5 Å². The summed E-state index contributed by atoms with van der Waals surface area (Å²) in [4.78, 5) is -0.180. The molecule has 2 aromatic rings. The highest BCUT2D eigenvalue weighted by Gasteiger charge is 2.24. The fraction of sp³-hybridized carbons (Fsp3) is 0.133. The first-order valence-corrected chi connectivity index (χ1v) is 8.88. The van der Waals surface area contributed by atoms with Crippen LogP contribution < -0.4 is 8.92 Å². The third kappa shape index (κ3) is 4.16. The van der Waals surface area contributed by atoms with Crippen molar-refractivity contribution in [2.75, 3.05) is 7.11 Å². The summed E-state index contributed by atoms with van der Waals surface area (Å²) >= 11 is 9.11. The Balaban J connectivity index is 2.38. The Kier molecular flexibility index (Phi) is 5.52. The zero-order valence-electron chi connectivity index (χ0n) is 11.9. The summed E-state index contributed by atoms with van der Waals surface area (Å²) in [5.41, 5.74) is 0.764. The topological polar surface area (TPSA) is 76.4 Å². The highest BCUT2D eigenvalue weighted by Crippen LogP contribution is 2.36. The molecule has 0 unspecified atom stereocenters. The monoisotopic (exact) mass is 415 g/mol. The molecule has 0 atom stereocenters. The van der Waals surface area contributed by atoms with Crippen molar-refractivity contribution in [2.45, 2.75) is 11.3 Å². The molecule has 0 N–H and O–H groups in total. The summed E-state index contributed by atoms with van der Waals surface area (Å²) in [5.74, 6) is 0.236. The lowest BCUT2D eigenvalue weighted by atomic mass is 10.2. The zero-order chi connectivity index (χ0) is 17.0. The van der Waals surface area contributed by atoms with E-state index in [-0.39, 0.29) is 27.8 Å². The van der Waals surface area contributed by atoms with Gasteiger partial charge in [0.25, 0.3) is 0 Å². The molecule has 0 aliphatic carbocycles. The standard InChI is InChI=1S/C15H11BrClNO4S/c1-21-15-13(16)8-11(17)9-14(15)23(19,20)22-12-4-2-10(3-5-12)6-7-18/h2-5,8-9H,6H2,1H3. The smallest absolute Gasteiger partial charge is 0.343 e. The highest BCUT2D eigenvalue weighted by molar-refractivity contribution is 9.10. The molecule has 0 amide bonds. The SMILES string of the molecule is COc1c(Br)cc(Cl)cc1S(=O)(=O)Oc1ccc(CC#N)cc1. The number of rotatable bonds is 5. The predicted octanol–water partition coefficient (Wildman–Crippen LogP) is 3.94. The molecule has 0 aliphatic heterocycles. The van der Waals surface area contributed by atoms with Gasteiger partial charge in [-0.05, 0) is 45.8 Å². The van der Waals surface area contributed by atoms with Gasteiger partial charge in [-0.25, -0.2) is 0 Å². The van der Waals surface area contributed by atoms with E-state index in [1.54, 1.807) is 12.1 Å². The summed E-state index contributed by atoms with van der Waals surface area (Å²) in [6.45, 7) is 0. The van der Waals surface area contributed by atoms with Crippen LogP contribution >= 0.6 is 27.5 Å². The molecule has 0 bridgehead atoms. The maximum atomic E-state index is 12.5. The van der Waals surface area contributed by atoms with Gasteiger partial charge in [0.15, 0.2) is 10.6 Å². The number of ether oxygens (including phenoxy) is 1. The third-order valence-corrected chi connectivity index (χ3v) is 4.92. The van der Waals surface area contributed by atoms with Gasteiger partial charge < -0.3 is 8.92 Å². The number of hydrogen-bond donors (Lipinski definition) is 0. The van der Waals surface area contributed by atoms with Gasteiger partial charge in [0.1, 0.15) is 5.75 Å². The van der Waals surface area contributed by atoms with Crippen molar-refractivity contribution in [1.82, 2.24) is 0 Å². The lowest BCUT2D eigenvalue weighted by Crippen LogP contribution is -2.11. The Morgan fingerprint density at radius 3 is 2.48 bits per heavy atom. The molecular weight excluding hydrogens is 406 g/mol. The van der Waals surface area contributed by atoms with Crippen molar-refractivity contribution in [3.8, 4) is 17.6 Å². The van der Waals surface area contributed by atoms with Gasteiger partial charge in [0, 0.05) is 5.02 Å². The lowest BCUT2D eigenvalue weighted by molar-refractivity contribution is 0.395. The lowest BCUT2D eigenvalue weighted by Gasteiger charge is -2.12. The second-order valence-corrected chi connectivity index (χ2v) is 7.24. The van der Waals surface area contributed by atoms with E-state index in [1.807, 2.05) is 6.07 Å². The first kappa shape index (κ1) is 17.6. The second-order valence-electron chi connectivity index (χ2n) is 4.44. The van der Waals surface area contributed by atoms with E-state index in [0.717, 1.165) is 5.56 Å². The minimum atomic E-state index is -4.13. The number of methoxy groups -OCH3 is 1. The Bertz CT molecular complexity index is 860. The number of hydrogen-bond acceptors (Lipinski definition) is 5. The minimum absolute atomic E-state index is 0.107. The molecule has 0 heterocycles. The van der Waals surface area contributed by atoms with Gasteiger partial charge in [-0.15, -0.1) is 0 Å². The molecule has 0 radical (unpaired) electrons. The van der Waals surface area contributed by atoms with Crippen LogP contribution in [0, 0.1) is 11.3 Å². The predicted molar refractivity (Wildman–Crippen MR) is 89.3 cm³/mol. The molecule has 23 heavy (non-hydrogen) atoms. The minimum Gasteiger partial charge on any atom is -0.494 e. The first-order valence-electron chi connectivity index (χ1n) is 6.31. The van der Waals surface area contributed by atoms with Gasteiger partial charge in [-0.3, -0.25) is 0 Å². The number of nitriles is 1. The van der Waals surface area contributed by atoms with Crippen LogP contribution in [0.4, 0.5) is 0 Å². The summed E-state index contributed by atoms with van der Waals surface area (Å²) in [6.07, 6.45) is 0.238. The van der Waals surface area contributed by atoms with Gasteiger partial charge >= 0.3 is 10.1 Å². The van der Waals surface area contributed by atoms with Crippen molar-refractivity contribution in [3.05, 3.63) is 51.5 Å². The molecule has 0 saturated carbocycles. The molecule has 2 aromatic carbocycles. The quantitative estimate of drug-likeness (QED) is 0.690. The Morgan fingerprint density at radius 1 is 1.26 bits per heavy atom. The Labute approximate surface area is 147 Å². The van der Waals surface area contributed by atoms with Crippen molar-refractivity contribution in [3.63, 3.8) is 0 Å². The third-order valence-electron chi connectivity index (χ3n) is 2.86. The van der Waals surface area contributed by atoms with Crippen LogP contribution in [0.1, 0.15) is 5.56 Å². The molecule has 8 heteroatoms. The summed E-state index contributed by atoms with van der Waals surface area (Å²) in [6, 6.07) is 11.0. The Hall–Kier alpha value is -1.75. The molecule has 2 rings (SSSR count). The molecule has 0 spiro atoms. The molecule has 120 valence electrons. The maximum Gasteiger partial charge on any atom is 0.343 e. The average Bonchev–Trinajstić information content (AvgIpc) is 2.48. The average molecular weight is 417 g/mol. The fourth-order valence-electron chi connectivity index (χ4n) is 1.85. The van der Waals surface area contributed by atoms with Gasteiger partial charge in [0.05, 0.1) is 24.1 Å². The van der Waals surface area contributed by atoms with Gasteiger partial charge in [0.2, 0.25) is 0 Å². The number of halogens is 2. The molecule has 5 nitrogen and oxygen atoms in total. The number of nitrogens with zero attached hydrogens (tertiary/aromatic N) is 1. The fourth-order valence-corrected chi connectivity index (χ4v) is 4.16. The summed E-state index contributed by atoms with van der Waals surface area (Å²) in [5, 5.41) is 8.85. The van der Waals surface area contributed by atoms with Crippen molar-refractivity contribution < 1.29 is 17.3 Å². The van der Waals surface area contributed by atoms with E-state index < -0.39 is 10.1 Å². The molecule has 0 fully saturated rings. The highest BCUT2D eigenvalue weighted by atomic mass is 79.9. The largest absolute Gasteiger partial charge is 0.494 e. The zero-order valence-corrected chi connectivity index (χ0v) is 15.1. The van der Waals surface area contributed by atoms with Crippen LogP contribution in [-0.2, 0) is 16.5 Å². The molecule has 0 aromatic heterocycles. The normalized spacial score (nSPS) is 10.9. The van der Waals surface area contributed by atoms with Crippen LogP contribution in [-0.4, -0.2) is 15.5 Å². The summed E-state index contributed by atoms with van der Waals surface area (Å²) < 4.78 is 35.5. The van der Waals surface area contributed by atoms with Crippen molar-refractivity contribution in [1.29, 1.82) is 5.26 Å². The van der Waals surface area contributed by atoms with E-state index >= 15 is 0 Å². The van der Waals surface area contributed by atoms with Gasteiger partial charge in [-0.2, -0.15) is 13.7 Å². The second kappa shape index (κ2) is 7.21. The van der Waals surface area contributed by atoms with Crippen LogP contribution in [0.3, 0.4) is 0 Å². The number of benzene rings is 2. The van der Waals surface area contributed by atoms with E-state index in [2.05, 4.69) is 15.9 Å². The van der Waals surface area contributed by atoms with Gasteiger partial charge in [-0.1, -0.05) is 23.7 Å². The van der Waals surface area contributed by atoms with Crippen molar-refractivity contribution in [2.24, 2.45) is 0 Å². The Morgan fingerprint density at radius 2 is 1.91 bits per heavy atom. The molecule has 0 saturated heterocycles. The summed E-state index contributed by atoms with van der Waals surface area (Å²) in [7, 11) is -2.78. The molecule has 0 aliphatic rings. The van der Waals surface area contributed by atoms with E-state index in [4.69, 9.17) is 25.8 Å². The van der Waals surface area contributed by atoms with Crippen LogP contribution in [0.25, 0.3) is 0 Å². The van der Waals surface area contributed by atoms with Crippen LogP contribution in [0.15, 0.2) is 45.8 Å². The van der Waals surface area contributed by atoms with E-state index in [9.17, 15) is 8.42 Å².